The summed E-state index contributed by atoms with van der Waals surface area (Å²) in [5.74, 6) is -1.23. The van der Waals surface area contributed by atoms with Crippen LogP contribution in [0.1, 0.15) is 24.4 Å². The normalized spacial score (nSPS) is 18.4. The van der Waals surface area contributed by atoms with Gasteiger partial charge in [-0.25, -0.2) is 8.42 Å². The molecule has 0 saturated heterocycles. The molecular formula is C13H17NO5S. The van der Waals surface area contributed by atoms with Crippen LogP contribution in [0.5, 0.6) is 0 Å². The summed E-state index contributed by atoms with van der Waals surface area (Å²) in [6, 6.07) is 6.96. The minimum absolute atomic E-state index is 0.0729. The van der Waals surface area contributed by atoms with E-state index < -0.39 is 26.8 Å². The van der Waals surface area contributed by atoms with Crippen LogP contribution in [-0.2, 0) is 19.6 Å². The van der Waals surface area contributed by atoms with Gasteiger partial charge in [-0.3, -0.25) is 4.79 Å². The number of carboxylic acids is 1. The fraction of sp³-hybridized carbons (Fsp3) is 0.462. The number of carbonyl (C=O) groups is 1. The van der Waals surface area contributed by atoms with Crippen LogP contribution in [0, 0.1) is 0 Å². The van der Waals surface area contributed by atoms with E-state index >= 15 is 0 Å². The number of benzene rings is 1. The van der Waals surface area contributed by atoms with Gasteiger partial charge in [-0.05, 0) is 18.4 Å². The molecular weight excluding hydrogens is 282 g/mol. The van der Waals surface area contributed by atoms with Crippen molar-refractivity contribution in [1.82, 2.24) is 4.72 Å². The number of hydrogen-bond acceptors (Lipinski definition) is 4. The van der Waals surface area contributed by atoms with Crippen LogP contribution in [0.4, 0.5) is 0 Å². The largest absolute Gasteiger partial charge is 0.480 e. The second-order valence-corrected chi connectivity index (χ2v) is 7.03. The molecule has 1 aliphatic carbocycles. The Kier molecular flexibility index (Phi) is 4.12. The molecule has 20 heavy (non-hydrogen) atoms. The summed E-state index contributed by atoms with van der Waals surface area (Å²) in [6.07, 6.45) is 0.967. The Morgan fingerprint density at radius 3 is 2.45 bits per heavy atom. The number of methoxy groups -OCH3 is 1. The summed E-state index contributed by atoms with van der Waals surface area (Å²) < 4.78 is 30.9. The third-order valence-corrected chi connectivity index (χ3v) is 5.65. The van der Waals surface area contributed by atoms with Crippen LogP contribution >= 0.6 is 0 Å². The van der Waals surface area contributed by atoms with Gasteiger partial charge in [0.2, 0.25) is 10.0 Å². The molecule has 0 unspecified atom stereocenters. The number of ether oxygens (including phenoxy) is 1. The maximum atomic E-state index is 12.3. The molecule has 1 fully saturated rings. The molecule has 1 aliphatic rings. The predicted octanol–water partition coefficient (Wildman–Crippen LogP) is 0.911. The lowest BCUT2D eigenvalue weighted by Crippen LogP contribution is -2.43. The first-order valence-corrected chi connectivity index (χ1v) is 7.69. The molecule has 0 amide bonds. The van der Waals surface area contributed by atoms with Crippen LogP contribution < -0.4 is 4.72 Å². The minimum atomic E-state index is -3.76. The molecule has 0 bridgehead atoms. The van der Waals surface area contributed by atoms with Crippen LogP contribution in [0.15, 0.2) is 30.3 Å². The van der Waals surface area contributed by atoms with Gasteiger partial charge in [0.05, 0.1) is 6.61 Å². The van der Waals surface area contributed by atoms with E-state index in [1.807, 2.05) is 0 Å². The average Bonchev–Trinajstić information content (AvgIpc) is 3.19. The second-order valence-electron chi connectivity index (χ2n) is 4.92. The average molecular weight is 299 g/mol. The molecule has 1 saturated carbocycles. The van der Waals surface area contributed by atoms with Crippen molar-refractivity contribution in [3.05, 3.63) is 35.9 Å². The van der Waals surface area contributed by atoms with Crippen LogP contribution in [0.2, 0.25) is 0 Å². The van der Waals surface area contributed by atoms with Gasteiger partial charge in [-0.15, -0.1) is 0 Å². The van der Waals surface area contributed by atoms with E-state index in [9.17, 15) is 18.3 Å². The van der Waals surface area contributed by atoms with E-state index in [4.69, 9.17) is 4.74 Å². The lowest BCUT2D eigenvalue weighted by Gasteiger charge is -2.20. The molecule has 6 nitrogen and oxygen atoms in total. The van der Waals surface area contributed by atoms with Crippen molar-refractivity contribution in [3.63, 3.8) is 0 Å². The maximum absolute atomic E-state index is 12.3. The lowest BCUT2D eigenvalue weighted by atomic mass is 10.1. The van der Waals surface area contributed by atoms with Crippen molar-refractivity contribution in [2.24, 2.45) is 0 Å². The molecule has 1 aromatic rings. The number of rotatable bonds is 7. The van der Waals surface area contributed by atoms with E-state index in [2.05, 4.69) is 4.72 Å². The van der Waals surface area contributed by atoms with Gasteiger partial charge in [0.25, 0.3) is 0 Å². The second kappa shape index (κ2) is 5.51. The molecule has 0 spiro atoms. The fourth-order valence-corrected chi connectivity index (χ4v) is 3.79. The summed E-state index contributed by atoms with van der Waals surface area (Å²) >= 11 is 0. The Balaban J connectivity index is 2.24. The summed E-state index contributed by atoms with van der Waals surface area (Å²) in [5.41, 5.74) is 0.400. The van der Waals surface area contributed by atoms with E-state index in [0.717, 1.165) is 0 Å². The molecule has 2 rings (SSSR count). The van der Waals surface area contributed by atoms with Crippen molar-refractivity contribution in [1.29, 1.82) is 0 Å². The third-order valence-electron chi connectivity index (χ3n) is 3.44. The Bertz CT molecular complexity index is 580. The SMILES string of the molecule is COCC1(S(=O)(=O)N[C@H](C(=O)O)c2ccccc2)CC1. The first-order valence-electron chi connectivity index (χ1n) is 6.20. The van der Waals surface area contributed by atoms with Gasteiger partial charge >= 0.3 is 5.97 Å². The smallest absolute Gasteiger partial charge is 0.326 e. The zero-order valence-corrected chi connectivity index (χ0v) is 11.9. The summed E-state index contributed by atoms with van der Waals surface area (Å²) in [6.45, 7) is 0.0729. The van der Waals surface area contributed by atoms with E-state index in [-0.39, 0.29) is 6.61 Å². The van der Waals surface area contributed by atoms with Crippen molar-refractivity contribution in [3.8, 4) is 0 Å². The lowest BCUT2D eigenvalue weighted by molar-refractivity contribution is -0.139. The molecule has 0 aliphatic heterocycles. The predicted molar refractivity (Wildman–Crippen MR) is 72.7 cm³/mol. The molecule has 2 N–H and O–H groups in total. The zero-order chi connectivity index (χ0) is 14.8. The van der Waals surface area contributed by atoms with E-state index in [0.29, 0.717) is 18.4 Å². The Hall–Kier alpha value is -1.44. The third kappa shape index (κ3) is 2.84. The monoisotopic (exact) mass is 299 g/mol. The molecule has 110 valence electrons. The quantitative estimate of drug-likeness (QED) is 0.780. The Morgan fingerprint density at radius 2 is 2.00 bits per heavy atom. The number of hydrogen-bond donors (Lipinski definition) is 2. The highest BCUT2D eigenvalue weighted by molar-refractivity contribution is 7.91. The van der Waals surface area contributed by atoms with Gasteiger partial charge in [0.1, 0.15) is 10.8 Å². The highest BCUT2D eigenvalue weighted by Gasteiger charge is 2.55. The number of sulfonamides is 1. The molecule has 1 aromatic carbocycles. The molecule has 0 heterocycles. The Labute approximate surface area is 117 Å². The van der Waals surface area contributed by atoms with Gasteiger partial charge in [-0.2, -0.15) is 4.72 Å². The van der Waals surface area contributed by atoms with E-state index in [1.54, 1.807) is 30.3 Å². The van der Waals surface area contributed by atoms with Crippen molar-refractivity contribution in [2.45, 2.75) is 23.6 Å². The summed E-state index contributed by atoms with van der Waals surface area (Å²) in [4.78, 5) is 11.3. The maximum Gasteiger partial charge on any atom is 0.326 e. The van der Waals surface area contributed by atoms with Crippen molar-refractivity contribution < 1.29 is 23.1 Å². The standard InChI is InChI=1S/C13H17NO5S/c1-19-9-13(7-8-13)20(17,18)14-11(12(15)16)10-5-3-2-4-6-10/h2-6,11,14H,7-9H2,1H3,(H,15,16)/t11-/m0/s1. The summed E-state index contributed by atoms with van der Waals surface area (Å²) in [5, 5.41) is 9.25. The first-order chi connectivity index (χ1) is 9.42. The molecule has 0 aromatic heterocycles. The van der Waals surface area contributed by atoms with Gasteiger partial charge in [0, 0.05) is 7.11 Å². The van der Waals surface area contributed by atoms with Gasteiger partial charge in [0.15, 0.2) is 0 Å². The molecule has 1 atom stereocenters. The van der Waals surface area contributed by atoms with Crippen LogP contribution in [0.25, 0.3) is 0 Å². The zero-order valence-electron chi connectivity index (χ0n) is 11.1. The highest BCUT2D eigenvalue weighted by atomic mass is 32.2. The van der Waals surface area contributed by atoms with Gasteiger partial charge < -0.3 is 9.84 Å². The molecule has 7 heteroatoms. The summed E-state index contributed by atoms with van der Waals surface area (Å²) in [7, 11) is -2.33. The fourth-order valence-electron chi connectivity index (χ4n) is 2.08. The van der Waals surface area contributed by atoms with E-state index in [1.165, 1.54) is 7.11 Å². The van der Waals surface area contributed by atoms with Crippen LogP contribution in [-0.4, -0.2) is 38.0 Å². The Morgan fingerprint density at radius 1 is 1.40 bits per heavy atom. The van der Waals surface area contributed by atoms with Gasteiger partial charge in [-0.1, -0.05) is 30.3 Å². The first kappa shape index (κ1) is 15.0. The van der Waals surface area contributed by atoms with Crippen molar-refractivity contribution in [2.75, 3.05) is 13.7 Å². The minimum Gasteiger partial charge on any atom is -0.480 e. The van der Waals surface area contributed by atoms with Crippen LogP contribution in [0.3, 0.4) is 0 Å². The van der Waals surface area contributed by atoms with Crippen molar-refractivity contribution >= 4 is 16.0 Å². The topological polar surface area (TPSA) is 92.7 Å². The highest BCUT2D eigenvalue weighted by Crippen LogP contribution is 2.43. The number of carboxylic acid groups (broad SMARTS) is 1. The molecule has 0 radical (unpaired) electrons. The number of aliphatic carboxylic acids is 1. The number of nitrogens with one attached hydrogen (secondary N) is 1.